The van der Waals surface area contributed by atoms with Crippen LogP contribution in [0.1, 0.15) is 111 Å². The Balaban J connectivity index is 3.57. The minimum Gasteiger partial charge on any atom is -0.434 e. The molecule has 0 amide bonds. The summed E-state index contributed by atoms with van der Waals surface area (Å²) in [6, 6.07) is 0. The smallest absolute Gasteiger partial charge is 0.434 e. The molecule has 1 atom stereocenters. The average molecular weight is 399 g/mol. The third-order valence-electron chi connectivity index (χ3n) is 5.45. The maximum atomic E-state index is 11.8. The van der Waals surface area contributed by atoms with Crippen molar-refractivity contribution in [2.24, 2.45) is 0 Å². The highest BCUT2D eigenvalue weighted by molar-refractivity contribution is 5.60. The minimum absolute atomic E-state index is 0.0998. The Labute approximate surface area is 175 Å². The van der Waals surface area contributed by atoms with Gasteiger partial charge in [-0.25, -0.2) is 4.79 Å². The lowest BCUT2D eigenvalue weighted by Gasteiger charge is -2.18. The van der Waals surface area contributed by atoms with Gasteiger partial charge in [-0.2, -0.15) is 0 Å². The van der Waals surface area contributed by atoms with Gasteiger partial charge in [0.1, 0.15) is 6.10 Å². The van der Waals surface area contributed by atoms with Crippen molar-refractivity contribution in [2.45, 2.75) is 117 Å². The highest BCUT2D eigenvalue weighted by Gasteiger charge is 2.13. The lowest BCUT2D eigenvalue weighted by atomic mass is 10.0. The topological polar surface area (TPSA) is 38.8 Å². The molecule has 0 aliphatic rings. The van der Waals surface area contributed by atoms with E-state index in [1.807, 2.05) is 0 Å². The van der Waals surface area contributed by atoms with E-state index in [0.29, 0.717) is 13.0 Å². The van der Waals surface area contributed by atoms with Crippen molar-refractivity contribution in [3.05, 3.63) is 6.92 Å². The van der Waals surface area contributed by atoms with Gasteiger partial charge in [0, 0.05) is 0 Å². The number of carbonyl (C=O) groups excluding carboxylic acids is 1. The number of unbranched alkanes of at least 4 members (excludes halogenated alkanes) is 10. The summed E-state index contributed by atoms with van der Waals surface area (Å²) >= 11 is 0. The van der Waals surface area contributed by atoms with Crippen LogP contribution in [0.2, 0.25) is 0 Å². The fraction of sp³-hybridized carbons (Fsp3) is 0.917. The highest BCUT2D eigenvalue weighted by Crippen LogP contribution is 2.14. The maximum Gasteiger partial charge on any atom is 0.508 e. The molecule has 0 bridgehead atoms. The third-order valence-corrected chi connectivity index (χ3v) is 5.45. The van der Waals surface area contributed by atoms with Crippen molar-refractivity contribution in [2.75, 3.05) is 26.2 Å². The molecule has 0 aromatic heterocycles. The van der Waals surface area contributed by atoms with Crippen molar-refractivity contribution >= 4 is 6.16 Å². The number of carbonyl (C=O) groups is 1. The first kappa shape index (κ1) is 27.2. The Morgan fingerprint density at radius 3 is 1.93 bits per heavy atom. The Morgan fingerprint density at radius 1 is 0.821 bits per heavy atom. The number of hydrogen-bond donors (Lipinski definition) is 0. The molecule has 0 N–H and O–H groups in total. The van der Waals surface area contributed by atoms with Crippen LogP contribution in [0, 0.1) is 6.92 Å². The van der Waals surface area contributed by atoms with Crippen molar-refractivity contribution in [1.29, 1.82) is 0 Å². The van der Waals surface area contributed by atoms with Crippen LogP contribution in [-0.2, 0) is 9.47 Å². The van der Waals surface area contributed by atoms with Crippen molar-refractivity contribution < 1.29 is 14.3 Å². The quantitative estimate of drug-likeness (QED) is 0.161. The van der Waals surface area contributed by atoms with E-state index in [0.717, 1.165) is 45.3 Å². The van der Waals surface area contributed by atoms with Gasteiger partial charge in [-0.05, 0) is 58.7 Å². The molecule has 167 valence electrons. The van der Waals surface area contributed by atoms with Crippen LogP contribution in [0.25, 0.3) is 0 Å². The van der Waals surface area contributed by atoms with E-state index in [2.05, 4.69) is 32.6 Å². The van der Waals surface area contributed by atoms with Crippen LogP contribution in [-0.4, -0.2) is 43.4 Å². The highest BCUT2D eigenvalue weighted by atomic mass is 16.7. The molecule has 1 unspecified atom stereocenters. The molecule has 4 nitrogen and oxygen atoms in total. The first-order valence-electron chi connectivity index (χ1n) is 12.0. The summed E-state index contributed by atoms with van der Waals surface area (Å²) in [5.74, 6) is 0. The number of ether oxygens (including phenoxy) is 2. The zero-order valence-corrected chi connectivity index (χ0v) is 19.2. The normalized spacial score (nSPS) is 12.3. The molecule has 0 saturated carbocycles. The molecule has 0 spiro atoms. The summed E-state index contributed by atoms with van der Waals surface area (Å²) in [5, 5.41) is 0. The van der Waals surface area contributed by atoms with Crippen LogP contribution in [0.3, 0.4) is 0 Å². The van der Waals surface area contributed by atoms with Gasteiger partial charge in [-0.15, -0.1) is 0 Å². The van der Waals surface area contributed by atoms with Gasteiger partial charge in [0.15, 0.2) is 0 Å². The first-order valence-corrected chi connectivity index (χ1v) is 12.0. The molecule has 4 heteroatoms. The third kappa shape index (κ3) is 17.3. The summed E-state index contributed by atoms with van der Waals surface area (Å²) in [5.41, 5.74) is 0. The largest absolute Gasteiger partial charge is 0.508 e. The van der Waals surface area contributed by atoms with Crippen LogP contribution in [0.15, 0.2) is 0 Å². The Bertz CT molecular complexity index is 332. The molecular weight excluding hydrogens is 350 g/mol. The Morgan fingerprint density at radius 2 is 1.39 bits per heavy atom. The predicted octanol–water partition coefficient (Wildman–Crippen LogP) is 7.17. The van der Waals surface area contributed by atoms with E-state index < -0.39 is 6.16 Å². The van der Waals surface area contributed by atoms with Gasteiger partial charge < -0.3 is 14.4 Å². The first-order chi connectivity index (χ1) is 13.7. The van der Waals surface area contributed by atoms with E-state index in [-0.39, 0.29) is 6.10 Å². The van der Waals surface area contributed by atoms with E-state index in [1.165, 1.54) is 57.8 Å². The minimum atomic E-state index is -0.524. The van der Waals surface area contributed by atoms with Gasteiger partial charge in [-0.3, -0.25) is 0 Å². The molecule has 0 saturated heterocycles. The predicted molar refractivity (Wildman–Crippen MR) is 120 cm³/mol. The molecule has 0 aromatic rings. The van der Waals surface area contributed by atoms with Crippen LogP contribution < -0.4 is 0 Å². The lowest BCUT2D eigenvalue weighted by molar-refractivity contribution is 0.0196. The van der Waals surface area contributed by atoms with Gasteiger partial charge in [0.25, 0.3) is 0 Å². The fourth-order valence-corrected chi connectivity index (χ4v) is 3.42. The second-order valence-electron chi connectivity index (χ2n) is 7.83. The molecule has 0 rings (SSSR count). The van der Waals surface area contributed by atoms with Crippen molar-refractivity contribution in [3.8, 4) is 0 Å². The van der Waals surface area contributed by atoms with Crippen molar-refractivity contribution in [3.63, 3.8) is 0 Å². The lowest BCUT2D eigenvalue weighted by Crippen LogP contribution is -2.24. The molecular formula is C24H48NO3. The summed E-state index contributed by atoms with van der Waals surface area (Å²) in [7, 11) is 0. The molecule has 0 aliphatic heterocycles. The molecule has 0 aliphatic carbocycles. The monoisotopic (exact) mass is 398 g/mol. The Kier molecular flexibility index (Phi) is 20.4. The van der Waals surface area contributed by atoms with Gasteiger partial charge in [-0.1, -0.05) is 78.6 Å². The van der Waals surface area contributed by atoms with E-state index in [4.69, 9.17) is 9.47 Å². The van der Waals surface area contributed by atoms with Gasteiger partial charge >= 0.3 is 6.16 Å². The average Bonchev–Trinajstić information content (AvgIpc) is 2.71. The zero-order chi connectivity index (χ0) is 20.9. The standard InChI is InChI=1S/C24H48NO3/c1-5-9-10-11-12-13-14-15-16-17-20-23(6-2)28-24(26)27-22-19-18-21-25(7-3)8-4/h23H,2,5-22H2,1,3-4H3. The summed E-state index contributed by atoms with van der Waals surface area (Å²) < 4.78 is 10.6. The van der Waals surface area contributed by atoms with Crippen LogP contribution in [0.5, 0.6) is 0 Å². The summed E-state index contributed by atoms with van der Waals surface area (Å²) in [4.78, 5) is 14.2. The molecule has 0 fully saturated rings. The number of rotatable bonds is 20. The van der Waals surface area contributed by atoms with Crippen LogP contribution >= 0.6 is 0 Å². The fourth-order valence-electron chi connectivity index (χ4n) is 3.42. The molecule has 28 heavy (non-hydrogen) atoms. The van der Waals surface area contributed by atoms with Crippen LogP contribution in [0.4, 0.5) is 4.79 Å². The molecule has 0 aromatic carbocycles. The van der Waals surface area contributed by atoms with Gasteiger partial charge in [0.2, 0.25) is 0 Å². The van der Waals surface area contributed by atoms with Crippen molar-refractivity contribution in [1.82, 2.24) is 4.90 Å². The Hall–Kier alpha value is -0.770. The van der Waals surface area contributed by atoms with E-state index in [9.17, 15) is 4.79 Å². The second kappa shape index (κ2) is 21.0. The SMILES string of the molecule is [CH2]CC(CCCCCCCCCCCC)OC(=O)OCCCCN(CC)CC. The second-order valence-corrected chi connectivity index (χ2v) is 7.83. The number of hydrogen-bond acceptors (Lipinski definition) is 4. The zero-order valence-electron chi connectivity index (χ0n) is 19.2. The summed E-state index contributed by atoms with van der Waals surface area (Å²) in [6.07, 6.45) is 16.0. The maximum absolute atomic E-state index is 11.8. The molecule has 0 heterocycles. The number of nitrogens with zero attached hydrogens (tertiary/aromatic N) is 1. The summed E-state index contributed by atoms with van der Waals surface area (Å²) in [6.45, 7) is 14.2. The molecule has 1 radical (unpaired) electrons. The van der Waals surface area contributed by atoms with E-state index >= 15 is 0 Å². The van der Waals surface area contributed by atoms with Gasteiger partial charge in [0.05, 0.1) is 6.61 Å². The van der Waals surface area contributed by atoms with E-state index in [1.54, 1.807) is 0 Å².